The lowest BCUT2D eigenvalue weighted by Gasteiger charge is -2.27. The van der Waals surface area contributed by atoms with E-state index in [9.17, 15) is 4.79 Å². The third kappa shape index (κ3) is 4.10. The summed E-state index contributed by atoms with van der Waals surface area (Å²) in [5, 5.41) is 2.84. The van der Waals surface area contributed by atoms with Crippen LogP contribution in [0, 0.1) is 0 Å². The maximum atomic E-state index is 11.5. The second kappa shape index (κ2) is 6.86. The summed E-state index contributed by atoms with van der Waals surface area (Å²) in [6, 6.07) is 0. The van der Waals surface area contributed by atoms with Crippen molar-refractivity contribution < 1.29 is 9.53 Å². The summed E-state index contributed by atoms with van der Waals surface area (Å²) < 4.78 is 5.70. The number of ether oxygens (including phenoxy) is 1. The van der Waals surface area contributed by atoms with Gasteiger partial charge in [0.1, 0.15) is 6.61 Å². The Morgan fingerprint density at radius 1 is 1.44 bits per heavy atom. The van der Waals surface area contributed by atoms with E-state index in [1.165, 1.54) is 0 Å². The van der Waals surface area contributed by atoms with Gasteiger partial charge in [-0.3, -0.25) is 4.79 Å². The van der Waals surface area contributed by atoms with E-state index in [1.54, 1.807) is 0 Å². The van der Waals surface area contributed by atoms with Crippen LogP contribution in [0.25, 0.3) is 0 Å². The Hall–Kier alpha value is -0.610. The van der Waals surface area contributed by atoms with E-state index in [2.05, 4.69) is 12.2 Å². The van der Waals surface area contributed by atoms with E-state index < -0.39 is 0 Å². The third-order valence-electron chi connectivity index (χ3n) is 3.25. The van der Waals surface area contributed by atoms with Crippen molar-refractivity contribution in [2.75, 3.05) is 19.7 Å². The Balaban J connectivity index is 2.19. The number of carbonyl (C=O) groups is 1. The zero-order chi connectivity index (χ0) is 11.9. The molecule has 1 aliphatic rings. The summed E-state index contributed by atoms with van der Waals surface area (Å²) in [5.74, 6) is -0.0202. The van der Waals surface area contributed by atoms with Gasteiger partial charge in [0.05, 0.1) is 5.60 Å². The first-order valence-electron chi connectivity index (χ1n) is 6.33. The van der Waals surface area contributed by atoms with Crippen molar-refractivity contribution in [1.82, 2.24) is 5.32 Å². The lowest BCUT2D eigenvalue weighted by molar-refractivity contribution is -0.132. The minimum atomic E-state index is -0.220. The topological polar surface area (TPSA) is 64.3 Å². The zero-order valence-electron chi connectivity index (χ0n) is 10.3. The molecule has 0 bridgehead atoms. The smallest absolute Gasteiger partial charge is 0.246 e. The lowest BCUT2D eigenvalue weighted by atomic mass is 10.0. The third-order valence-corrected chi connectivity index (χ3v) is 3.25. The fraction of sp³-hybridized carbons (Fsp3) is 0.917. The van der Waals surface area contributed by atoms with E-state index >= 15 is 0 Å². The molecule has 3 N–H and O–H groups in total. The molecule has 0 aromatic heterocycles. The van der Waals surface area contributed by atoms with Crippen LogP contribution in [0.2, 0.25) is 0 Å². The van der Waals surface area contributed by atoms with E-state index in [0.717, 1.165) is 45.1 Å². The number of nitrogens with one attached hydrogen (secondary N) is 1. The van der Waals surface area contributed by atoms with Gasteiger partial charge in [-0.2, -0.15) is 0 Å². The second-order valence-corrected chi connectivity index (χ2v) is 4.59. The molecule has 0 aromatic rings. The highest BCUT2D eigenvalue weighted by Crippen LogP contribution is 2.31. The van der Waals surface area contributed by atoms with Crippen molar-refractivity contribution in [3.05, 3.63) is 0 Å². The molecule has 0 radical (unpaired) electrons. The molecule has 16 heavy (non-hydrogen) atoms. The van der Waals surface area contributed by atoms with Crippen LogP contribution in [-0.2, 0) is 9.53 Å². The van der Waals surface area contributed by atoms with Crippen LogP contribution >= 0.6 is 0 Å². The highest BCUT2D eigenvalue weighted by Gasteiger charge is 2.33. The number of hydrogen-bond acceptors (Lipinski definition) is 3. The monoisotopic (exact) mass is 228 g/mol. The molecular weight excluding hydrogens is 204 g/mol. The average molecular weight is 228 g/mol. The van der Waals surface area contributed by atoms with Crippen molar-refractivity contribution in [1.29, 1.82) is 0 Å². The normalized spacial score (nSPS) is 18.6. The van der Waals surface area contributed by atoms with Gasteiger partial charge in [-0.05, 0) is 19.3 Å². The van der Waals surface area contributed by atoms with Crippen LogP contribution in [0.1, 0.15) is 45.4 Å². The minimum Gasteiger partial charge on any atom is -0.364 e. The Morgan fingerprint density at radius 2 is 2.12 bits per heavy atom. The van der Waals surface area contributed by atoms with Gasteiger partial charge < -0.3 is 15.8 Å². The molecule has 1 fully saturated rings. The maximum Gasteiger partial charge on any atom is 0.246 e. The van der Waals surface area contributed by atoms with Gasteiger partial charge in [-0.25, -0.2) is 0 Å². The first kappa shape index (κ1) is 13.5. The molecule has 4 nitrogen and oxygen atoms in total. The van der Waals surface area contributed by atoms with E-state index in [1.807, 2.05) is 0 Å². The summed E-state index contributed by atoms with van der Waals surface area (Å²) in [6.45, 7) is 3.52. The first-order valence-corrected chi connectivity index (χ1v) is 6.33. The van der Waals surface area contributed by atoms with Crippen molar-refractivity contribution in [2.24, 2.45) is 5.73 Å². The molecule has 0 aliphatic heterocycles. The van der Waals surface area contributed by atoms with Crippen molar-refractivity contribution in [2.45, 2.75) is 51.0 Å². The first-order chi connectivity index (χ1) is 7.72. The summed E-state index contributed by atoms with van der Waals surface area (Å²) in [7, 11) is 0. The fourth-order valence-corrected chi connectivity index (χ4v) is 2.10. The SMILES string of the molecule is CCCCNC(=O)COC1(CN)CCCC1. The summed E-state index contributed by atoms with van der Waals surface area (Å²) in [4.78, 5) is 11.5. The Kier molecular flexibility index (Phi) is 5.77. The van der Waals surface area contributed by atoms with Crippen LogP contribution in [0.15, 0.2) is 0 Å². The summed E-state index contributed by atoms with van der Waals surface area (Å²) in [6.07, 6.45) is 6.42. The Morgan fingerprint density at radius 3 is 2.69 bits per heavy atom. The fourth-order valence-electron chi connectivity index (χ4n) is 2.10. The molecule has 0 spiro atoms. The van der Waals surface area contributed by atoms with Crippen LogP contribution < -0.4 is 11.1 Å². The van der Waals surface area contributed by atoms with Crippen LogP contribution in [0.3, 0.4) is 0 Å². The van der Waals surface area contributed by atoms with Crippen molar-refractivity contribution >= 4 is 5.91 Å². The molecular formula is C12H24N2O2. The van der Waals surface area contributed by atoms with Gasteiger partial charge in [0, 0.05) is 13.1 Å². The number of rotatable bonds is 7. The summed E-state index contributed by atoms with van der Waals surface area (Å²) >= 11 is 0. The molecule has 94 valence electrons. The molecule has 0 atom stereocenters. The van der Waals surface area contributed by atoms with Crippen molar-refractivity contribution in [3.63, 3.8) is 0 Å². The van der Waals surface area contributed by atoms with Crippen LogP contribution in [0.4, 0.5) is 0 Å². The second-order valence-electron chi connectivity index (χ2n) is 4.59. The standard InChI is InChI=1S/C12H24N2O2/c1-2-3-8-14-11(15)9-16-12(10-13)6-4-5-7-12/h2-10,13H2,1H3,(H,14,15). The molecule has 1 amide bonds. The van der Waals surface area contributed by atoms with Crippen LogP contribution in [-0.4, -0.2) is 31.2 Å². The number of unbranched alkanes of at least 4 members (excludes halogenated alkanes) is 1. The maximum absolute atomic E-state index is 11.5. The quantitative estimate of drug-likeness (QED) is 0.643. The zero-order valence-corrected chi connectivity index (χ0v) is 10.3. The molecule has 0 saturated heterocycles. The number of hydrogen-bond donors (Lipinski definition) is 2. The molecule has 4 heteroatoms. The highest BCUT2D eigenvalue weighted by molar-refractivity contribution is 5.77. The average Bonchev–Trinajstić information content (AvgIpc) is 2.76. The molecule has 1 aliphatic carbocycles. The van der Waals surface area contributed by atoms with Gasteiger partial charge in [0.15, 0.2) is 0 Å². The number of carbonyl (C=O) groups excluding carboxylic acids is 1. The number of amides is 1. The Labute approximate surface area is 97.9 Å². The van der Waals surface area contributed by atoms with Gasteiger partial charge in [0.2, 0.25) is 5.91 Å². The minimum absolute atomic E-state index is 0.0202. The summed E-state index contributed by atoms with van der Waals surface area (Å²) in [5.41, 5.74) is 5.50. The molecule has 1 saturated carbocycles. The Bertz CT molecular complexity index is 213. The molecule has 0 unspecified atom stereocenters. The molecule has 1 rings (SSSR count). The van der Waals surface area contributed by atoms with Gasteiger partial charge in [0.25, 0.3) is 0 Å². The number of nitrogens with two attached hydrogens (primary N) is 1. The predicted octanol–water partition coefficient (Wildman–Crippen LogP) is 1.19. The highest BCUT2D eigenvalue weighted by atomic mass is 16.5. The van der Waals surface area contributed by atoms with E-state index in [0.29, 0.717) is 6.54 Å². The van der Waals surface area contributed by atoms with Gasteiger partial charge in [-0.1, -0.05) is 26.2 Å². The van der Waals surface area contributed by atoms with Crippen molar-refractivity contribution in [3.8, 4) is 0 Å². The lowest BCUT2D eigenvalue weighted by Crippen LogP contribution is -2.41. The van der Waals surface area contributed by atoms with E-state index in [-0.39, 0.29) is 18.1 Å². The predicted molar refractivity (Wildman–Crippen MR) is 64.1 cm³/mol. The van der Waals surface area contributed by atoms with Crippen LogP contribution in [0.5, 0.6) is 0 Å². The molecule has 0 aromatic carbocycles. The largest absolute Gasteiger partial charge is 0.364 e. The van der Waals surface area contributed by atoms with Gasteiger partial charge >= 0.3 is 0 Å². The van der Waals surface area contributed by atoms with Gasteiger partial charge in [-0.15, -0.1) is 0 Å². The molecule has 0 heterocycles. The van der Waals surface area contributed by atoms with E-state index in [4.69, 9.17) is 10.5 Å².